The minimum atomic E-state index is 0.397. The molecule has 1 N–H and O–H groups in total. The van der Waals surface area contributed by atoms with Crippen LogP contribution in [-0.2, 0) is 6.54 Å². The summed E-state index contributed by atoms with van der Waals surface area (Å²) in [5, 5.41) is 11.1. The molecule has 0 aliphatic carbocycles. The molecule has 0 atom stereocenters. The maximum absolute atomic E-state index is 5.60. The van der Waals surface area contributed by atoms with E-state index in [0.29, 0.717) is 17.5 Å². The maximum Gasteiger partial charge on any atom is 0.151 e. The summed E-state index contributed by atoms with van der Waals surface area (Å²) >= 11 is 7.20. The molecule has 4 nitrogen and oxygen atoms in total. The second-order valence-corrected chi connectivity index (χ2v) is 3.92. The van der Waals surface area contributed by atoms with E-state index in [1.165, 1.54) is 0 Å². The topological polar surface area (TPSA) is 50.7 Å². The minimum absolute atomic E-state index is 0.397. The molecule has 0 aliphatic heterocycles. The third kappa shape index (κ3) is 2.40. The molecular weight excluding hydrogens is 220 g/mol. The first-order valence-corrected chi connectivity index (χ1v) is 5.21. The van der Waals surface area contributed by atoms with Gasteiger partial charge in [-0.25, -0.2) is 0 Å². The molecule has 0 aromatic carbocycles. The Labute approximate surface area is 90.0 Å². The van der Waals surface area contributed by atoms with Crippen molar-refractivity contribution < 1.29 is 0 Å². The van der Waals surface area contributed by atoms with Crippen molar-refractivity contribution in [1.29, 1.82) is 0 Å². The van der Waals surface area contributed by atoms with Gasteiger partial charge in [-0.05, 0) is 12.1 Å². The van der Waals surface area contributed by atoms with Crippen molar-refractivity contribution in [2.24, 2.45) is 0 Å². The molecule has 0 aliphatic rings. The van der Waals surface area contributed by atoms with Crippen LogP contribution in [0.4, 0.5) is 5.82 Å². The zero-order chi connectivity index (χ0) is 9.80. The Balaban J connectivity index is 1.95. The molecule has 0 unspecified atom stereocenters. The minimum Gasteiger partial charge on any atom is -0.364 e. The molecule has 2 heterocycles. The van der Waals surface area contributed by atoms with Crippen LogP contribution >= 0.6 is 22.9 Å². The van der Waals surface area contributed by atoms with E-state index < -0.39 is 0 Å². The van der Waals surface area contributed by atoms with E-state index in [1.807, 2.05) is 6.20 Å². The molecule has 0 fully saturated rings. The molecule has 0 saturated carbocycles. The zero-order valence-corrected chi connectivity index (χ0v) is 8.72. The first-order valence-electron chi connectivity index (χ1n) is 3.95. The summed E-state index contributed by atoms with van der Waals surface area (Å²) in [6.07, 6.45) is 1.82. The first kappa shape index (κ1) is 9.36. The van der Waals surface area contributed by atoms with E-state index in [1.54, 1.807) is 29.0 Å². The molecule has 2 rings (SSSR count). The Morgan fingerprint density at radius 2 is 2.29 bits per heavy atom. The summed E-state index contributed by atoms with van der Waals surface area (Å²) in [7, 11) is 0. The Bertz CT molecular complexity index is 386. The van der Waals surface area contributed by atoms with Crippen molar-refractivity contribution in [3.63, 3.8) is 0 Å². The number of halogens is 1. The SMILES string of the molecule is Clc1ccc(NCc2cncs2)nn1. The highest BCUT2D eigenvalue weighted by Crippen LogP contribution is 2.10. The van der Waals surface area contributed by atoms with Gasteiger partial charge in [-0.3, -0.25) is 4.98 Å². The van der Waals surface area contributed by atoms with Crippen LogP contribution in [0.2, 0.25) is 5.15 Å². The predicted octanol–water partition coefficient (Wildman–Crippen LogP) is 2.20. The van der Waals surface area contributed by atoms with Crippen LogP contribution in [0.1, 0.15) is 4.88 Å². The fourth-order valence-electron chi connectivity index (χ4n) is 0.917. The lowest BCUT2D eigenvalue weighted by Gasteiger charge is -2.01. The van der Waals surface area contributed by atoms with E-state index >= 15 is 0 Å². The highest BCUT2D eigenvalue weighted by molar-refractivity contribution is 7.09. The monoisotopic (exact) mass is 226 g/mol. The lowest BCUT2D eigenvalue weighted by Crippen LogP contribution is -2.00. The average Bonchev–Trinajstić information content (AvgIpc) is 2.70. The average molecular weight is 227 g/mol. The van der Waals surface area contributed by atoms with Crippen molar-refractivity contribution in [2.75, 3.05) is 5.32 Å². The van der Waals surface area contributed by atoms with Crippen LogP contribution < -0.4 is 5.32 Å². The smallest absolute Gasteiger partial charge is 0.151 e. The van der Waals surface area contributed by atoms with Gasteiger partial charge in [-0.2, -0.15) is 0 Å². The standard InChI is InChI=1S/C8H7ClN4S/c9-7-1-2-8(13-12-7)11-4-6-3-10-5-14-6/h1-3,5H,4H2,(H,11,13). The second-order valence-electron chi connectivity index (χ2n) is 2.56. The second kappa shape index (κ2) is 4.34. The number of thiazole rings is 1. The normalized spacial score (nSPS) is 10.1. The molecule has 0 amide bonds. The molecule has 14 heavy (non-hydrogen) atoms. The van der Waals surface area contributed by atoms with Crippen LogP contribution in [-0.4, -0.2) is 15.2 Å². The molecule has 0 radical (unpaired) electrons. The summed E-state index contributed by atoms with van der Waals surface area (Å²) in [6, 6.07) is 3.49. The number of rotatable bonds is 3. The van der Waals surface area contributed by atoms with E-state index in [2.05, 4.69) is 20.5 Å². The van der Waals surface area contributed by atoms with Crippen molar-refractivity contribution in [3.8, 4) is 0 Å². The fraction of sp³-hybridized carbons (Fsp3) is 0.125. The lowest BCUT2D eigenvalue weighted by atomic mass is 10.5. The largest absolute Gasteiger partial charge is 0.364 e. The van der Waals surface area contributed by atoms with Gasteiger partial charge in [0.2, 0.25) is 0 Å². The number of anilines is 1. The van der Waals surface area contributed by atoms with Crippen LogP contribution in [0.25, 0.3) is 0 Å². The van der Waals surface area contributed by atoms with Gasteiger partial charge in [0.05, 0.1) is 12.1 Å². The third-order valence-corrected chi connectivity index (χ3v) is 2.54. The van der Waals surface area contributed by atoms with Crippen molar-refractivity contribution in [2.45, 2.75) is 6.54 Å². The summed E-state index contributed by atoms with van der Waals surface area (Å²) < 4.78 is 0. The van der Waals surface area contributed by atoms with Crippen molar-refractivity contribution in [1.82, 2.24) is 15.2 Å². The van der Waals surface area contributed by atoms with E-state index in [0.717, 1.165) is 4.88 Å². The van der Waals surface area contributed by atoms with Gasteiger partial charge < -0.3 is 5.32 Å². The van der Waals surface area contributed by atoms with Crippen LogP contribution in [0.3, 0.4) is 0 Å². The van der Waals surface area contributed by atoms with Crippen LogP contribution in [0, 0.1) is 0 Å². The zero-order valence-electron chi connectivity index (χ0n) is 7.14. The van der Waals surface area contributed by atoms with Gasteiger partial charge in [0.1, 0.15) is 5.82 Å². The molecule has 6 heteroatoms. The number of nitrogens with one attached hydrogen (secondary N) is 1. The number of nitrogens with zero attached hydrogens (tertiary/aromatic N) is 3. The van der Waals surface area contributed by atoms with Gasteiger partial charge in [-0.15, -0.1) is 21.5 Å². The molecule has 0 bridgehead atoms. The summed E-state index contributed by atoms with van der Waals surface area (Å²) in [6.45, 7) is 0.709. The summed E-state index contributed by atoms with van der Waals surface area (Å²) in [4.78, 5) is 5.12. The van der Waals surface area contributed by atoms with Crippen molar-refractivity contribution in [3.05, 3.63) is 33.9 Å². The Hall–Kier alpha value is -1.20. The number of hydrogen-bond donors (Lipinski definition) is 1. The highest BCUT2D eigenvalue weighted by atomic mass is 35.5. The van der Waals surface area contributed by atoms with Crippen LogP contribution in [0.15, 0.2) is 23.8 Å². The highest BCUT2D eigenvalue weighted by Gasteiger charge is 1.97. The first-order chi connectivity index (χ1) is 6.84. The molecular formula is C8H7ClN4S. The molecule has 2 aromatic heterocycles. The molecule has 0 spiro atoms. The number of hydrogen-bond acceptors (Lipinski definition) is 5. The van der Waals surface area contributed by atoms with Gasteiger partial charge >= 0.3 is 0 Å². The van der Waals surface area contributed by atoms with Crippen molar-refractivity contribution >= 4 is 28.8 Å². The van der Waals surface area contributed by atoms with Gasteiger partial charge in [-0.1, -0.05) is 11.6 Å². The Morgan fingerprint density at radius 1 is 1.36 bits per heavy atom. The van der Waals surface area contributed by atoms with E-state index in [-0.39, 0.29) is 0 Å². The Morgan fingerprint density at radius 3 is 2.93 bits per heavy atom. The maximum atomic E-state index is 5.60. The predicted molar refractivity (Wildman–Crippen MR) is 56.5 cm³/mol. The molecule has 0 saturated heterocycles. The van der Waals surface area contributed by atoms with Gasteiger partial charge in [0.15, 0.2) is 5.15 Å². The quantitative estimate of drug-likeness (QED) is 0.872. The summed E-state index contributed by atoms with van der Waals surface area (Å²) in [5.41, 5.74) is 1.80. The van der Waals surface area contributed by atoms with E-state index in [9.17, 15) is 0 Å². The summed E-state index contributed by atoms with van der Waals surface area (Å²) in [5.74, 6) is 0.711. The van der Waals surface area contributed by atoms with Crippen LogP contribution in [0.5, 0.6) is 0 Å². The van der Waals surface area contributed by atoms with Gasteiger partial charge in [0.25, 0.3) is 0 Å². The van der Waals surface area contributed by atoms with E-state index in [4.69, 9.17) is 11.6 Å². The molecule has 72 valence electrons. The number of aromatic nitrogens is 3. The van der Waals surface area contributed by atoms with Gasteiger partial charge in [0, 0.05) is 11.1 Å². The molecule has 2 aromatic rings. The fourth-order valence-corrected chi connectivity index (χ4v) is 1.55. The third-order valence-electron chi connectivity index (χ3n) is 1.56. The Kier molecular flexibility index (Phi) is 2.90. The lowest BCUT2D eigenvalue weighted by molar-refractivity contribution is 1.00.